The molecule has 0 radical (unpaired) electrons. The molecule has 17 heavy (non-hydrogen) atoms. The van der Waals surface area contributed by atoms with E-state index >= 15 is 0 Å². The lowest BCUT2D eigenvalue weighted by molar-refractivity contribution is 0.00637. The lowest BCUT2D eigenvalue weighted by Crippen LogP contribution is -2.25. The smallest absolute Gasteiger partial charge is 0.341 e. The van der Waals surface area contributed by atoms with Crippen molar-refractivity contribution >= 4 is 12.3 Å². The van der Waals surface area contributed by atoms with Gasteiger partial charge in [0.25, 0.3) is 0 Å². The fraction of sp³-hybridized carbons (Fsp3) is 0.385. The molecule has 0 aliphatic heterocycles. The van der Waals surface area contributed by atoms with Crippen LogP contribution in [-0.4, -0.2) is 17.9 Å². The summed E-state index contributed by atoms with van der Waals surface area (Å²) >= 11 is 0. The second-order valence-electron chi connectivity index (χ2n) is 4.81. The third-order valence-corrected chi connectivity index (χ3v) is 2.05. The minimum atomic E-state index is -0.735. The molecule has 0 amide bonds. The molecular weight excluding hydrogens is 223 g/mol. The monoisotopic (exact) mass is 238 g/mol. The SMILES string of the molecule is Cc1cc(C=O)cc(F)c1C(=O)OC(C)(C)C. The Bertz CT molecular complexity index is 435. The molecule has 0 aromatic heterocycles. The summed E-state index contributed by atoms with van der Waals surface area (Å²) in [6, 6.07) is 2.48. The molecule has 0 heterocycles. The Balaban J connectivity index is 3.15. The molecule has 0 unspecified atom stereocenters. The topological polar surface area (TPSA) is 43.4 Å². The Hall–Kier alpha value is -1.71. The molecule has 0 N–H and O–H groups in total. The highest BCUT2D eigenvalue weighted by molar-refractivity contribution is 5.92. The molecule has 0 aliphatic carbocycles. The summed E-state index contributed by atoms with van der Waals surface area (Å²) in [6.07, 6.45) is 0.537. The zero-order valence-electron chi connectivity index (χ0n) is 10.3. The molecule has 0 saturated heterocycles. The van der Waals surface area contributed by atoms with Gasteiger partial charge in [-0.05, 0) is 45.4 Å². The number of aldehydes is 1. The summed E-state index contributed by atoms with van der Waals surface area (Å²) in [5, 5.41) is 0. The largest absolute Gasteiger partial charge is 0.456 e. The number of carbonyl (C=O) groups excluding carboxylic acids is 2. The van der Waals surface area contributed by atoms with Crippen molar-refractivity contribution in [1.29, 1.82) is 0 Å². The van der Waals surface area contributed by atoms with Crippen molar-refractivity contribution in [2.45, 2.75) is 33.3 Å². The second-order valence-corrected chi connectivity index (χ2v) is 4.81. The number of halogens is 1. The van der Waals surface area contributed by atoms with E-state index in [0.717, 1.165) is 6.07 Å². The van der Waals surface area contributed by atoms with Crippen LogP contribution in [0.5, 0.6) is 0 Å². The number of rotatable bonds is 2. The van der Waals surface area contributed by atoms with Crippen LogP contribution in [0.1, 0.15) is 47.1 Å². The lowest BCUT2D eigenvalue weighted by Gasteiger charge is -2.20. The number of aryl methyl sites for hydroxylation is 1. The predicted molar refractivity (Wildman–Crippen MR) is 61.7 cm³/mol. The average molecular weight is 238 g/mol. The standard InChI is InChI=1S/C13H15FO3/c1-8-5-9(7-15)6-10(14)11(8)12(16)17-13(2,3)4/h5-7H,1-4H3. The zero-order valence-corrected chi connectivity index (χ0v) is 10.3. The normalized spacial score (nSPS) is 11.1. The van der Waals surface area contributed by atoms with Crippen molar-refractivity contribution in [2.24, 2.45) is 0 Å². The van der Waals surface area contributed by atoms with Crippen molar-refractivity contribution in [1.82, 2.24) is 0 Å². The van der Waals surface area contributed by atoms with Crippen LogP contribution in [0.15, 0.2) is 12.1 Å². The molecule has 0 saturated carbocycles. The first-order chi connectivity index (χ1) is 7.74. The van der Waals surface area contributed by atoms with Crippen LogP contribution in [0.25, 0.3) is 0 Å². The summed E-state index contributed by atoms with van der Waals surface area (Å²) in [5.74, 6) is -1.45. The molecular formula is C13H15FO3. The maximum atomic E-state index is 13.7. The van der Waals surface area contributed by atoms with Gasteiger partial charge < -0.3 is 4.74 Å². The molecule has 0 spiro atoms. The van der Waals surface area contributed by atoms with E-state index in [1.54, 1.807) is 27.7 Å². The Kier molecular flexibility index (Phi) is 3.66. The molecule has 0 atom stereocenters. The van der Waals surface area contributed by atoms with Crippen LogP contribution in [0, 0.1) is 12.7 Å². The van der Waals surface area contributed by atoms with E-state index in [-0.39, 0.29) is 11.1 Å². The second kappa shape index (κ2) is 4.65. The number of hydrogen-bond donors (Lipinski definition) is 0. The fourth-order valence-electron chi connectivity index (χ4n) is 1.43. The van der Waals surface area contributed by atoms with Gasteiger partial charge >= 0.3 is 5.97 Å². The zero-order chi connectivity index (χ0) is 13.2. The van der Waals surface area contributed by atoms with E-state index in [2.05, 4.69) is 0 Å². The van der Waals surface area contributed by atoms with Crippen molar-refractivity contribution in [2.75, 3.05) is 0 Å². The van der Waals surface area contributed by atoms with Crippen LogP contribution in [0.2, 0.25) is 0 Å². The van der Waals surface area contributed by atoms with E-state index < -0.39 is 17.4 Å². The quantitative estimate of drug-likeness (QED) is 0.587. The maximum Gasteiger partial charge on any atom is 0.341 e. The molecule has 4 heteroatoms. The number of ether oxygens (including phenoxy) is 1. The van der Waals surface area contributed by atoms with E-state index in [1.807, 2.05) is 0 Å². The summed E-state index contributed by atoms with van der Waals surface area (Å²) in [6.45, 7) is 6.68. The maximum absolute atomic E-state index is 13.7. The van der Waals surface area contributed by atoms with Gasteiger partial charge in [0.15, 0.2) is 0 Å². The van der Waals surface area contributed by atoms with Gasteiger partial charge in [0.2, 0.25) is 0 Å². The van der Waals surface area contributed by atoms with Gasteiger partial charge in [0.05, 0.1) is 5.56 Å². The summed E-state index contributed by atoms with van der Waals surface area (Å²) in [5.41, 5.74) is -0.210. The van der Waals surface area contributed by atoms with Crippen LogP contribution < -0.4 is 0 Å². The van der Waals surface area contributed by atoms with Gasteiger partial charge in [-0.2, -0.15) is 0 Å². The average Bonchev–Trinajstić information content (AvgIpc) is 2.13. The molecule has 0 aliphatic rings. The van der Waals surface area contributed by atoms with Gasteiger partial charge in [0, 0.05) is 5.56 Å². The third-order valence-electron chi connectivity index (χ3n) is 2.05. The summed E-state index contributed by atoms with van der Waals surface area (Å²) in [4.78, 5) is 22.3. The van der Waals surface area contributed by atoms with Crippen molar-refractivity contribution < 1.29 is 18.7 Å². The minimum Gasteiger partial charge on any atom is -0.456 e. The highest BCUT2D eigenvalue weighted by Gasteiger charge is 2.22. The van der Waals surface area contributed by atoms with Gasteiger partial charge in [0.1, 0.15) is 17.7 Å². The van der Waals surface area contributed by atoms with Gasteiger partial charge in [-0.25, -0.2) is 9.18 Å². The first-order valence-electron chi connectivity index (χ1n) is 5.23. The fourth-order valence-corrected chi connectivity index (χ4v) is 1.43. The Labute approximate surface area is 99.6 Å². The first-order valence-corrected chi connectivity index (χ1v) is 5.23. The van der Waals surface area contributed by atoms with E-state index in [4.69, 9.17) is 4.74 Å². The van der Waals surface area contributed by atoms with Crippen LogP contribution in [-0.2, 0) is 4.74 Å². The molecule has 1 rings (SSSR count). The molecule has 3 nitrogen and oxygen atoms in total. The lowest BCUT2D eigenvalue weighted by atomic mass is 10.0. The molecule has 1 aromatic carbocycles. The first kappa shape index (κ1) is 13.4. The Morgan fingerprint density at radius 1 is 1.35 bits per heavy atom. The van der Waals surface area contributed by atoms with E-state index in [0.29, 0.717) is 11.8 Å². The number of benzene rings is 1. The minimum absolute atomic E-state index is 0.120. The number of carbonyl (C=O) groups is 2. The van der Waals surface area contributed by atoms with Crippen molar-refractivity contribution in [3.8, 4) is 0 Å². The van der Waals surface area contributed by atoms with Crippen LogP contribution in [0.3, 0.4) is 0 Å². The van der Waals surface area contributed by atoms with E-state index in [1.165, 1.54) is 6.07 Å². The summed E-state index contributed by atoms with van der Waals surface area (Å²) < 4.78 is 18.8. The highest BCUT2D eigenvalue weighted by Crippen LogP contribution is 2.19. The molecule has 92 valence electrons. The Morgan fingerprint density at radius 2 is 1.94 bits per heavy atom. The molecule has 1 aromatic rings. The van der Waals surface area contributed by atoms with Gasteiger partial charge in [-0.15, -0.1) is 0 Å². The highest BCUT2D eigenvalue weighted by atomic mass is 19.1. The Morgan fingerprint density at radius 3 is 2.35 bits per heavy atom. The van der Waals surface area contributed by atoms with Gasteiger partial charge in [-0.3, -0.25) is 4.79 Å². The van der Waals surface area contributed by atoms with Crippen molar-refractivity contribution in [3.63, 3.8) is 0 Å². The van der Waals surface area contributed by atoms with Crippen LogP contribution in [0.4, 0.5) is 4.39 Å². The van der Waals surface area contributed by atoms with Crippen molar-refractivity contribution in [3.05, 3.63) is 34.6 Å². The van der Waals surface area contributed by atoms with E-state index in [9.17, 15) is 14.0 Å². The van der Waals surface area contributed by atoms with Crippen LogP contribution >= 0.6 is 0 Å². The van der Waals surface area contributed by atoms with Gasteiger partial charge in [-0.1, -0.05) is 0 Å². The predicted octanol–water partition coefficient (Wildman–Crippen LogP) is 2.90. The molecule has 0 bridgehead atoms. The number of hydrogen-bond acceptors (Lipinski definition) is 3. The number of esters is 1. The summed E-state index contributed by atoms with van der Waals surface area (Å²) in [7, 11) is 0. The third kappa shape index (κ3) is 3.37. The molecule has 0 fully saturated rings.